The molecule has 1 N–H and O–H groups in total. The Morgan fingerprint density at radius 3 is 2.82 bits per heavy atom. The van der Waals surface area contributed by atoms with Crippen molar-refractivity contribution in [2.75, 3.05) is 0 Å². The number of nitrogens with one attached hydrogen (secondary N) is 1. The molecular weight excluding hydrogens is 228 g/mol. The third-order valence-corrected chi connectivity index (χ3v) is 5.06. The zero-order valence-electron chi connectivity index (χ0n) is 11.4. The summed E-state index contributed by atoms with van der Waals surface area (Å²) < 4.78 is 0. The molecule has 0 aliphatic heterocycles. The van der Waals surface area contributed by atoms with E-state index < -0.39 is 0 Å². The molecule has 3 heteroatoms. The van der Waals surface area contributed by atoms with Crippen molar-refractivity contribution < 1.29 is 0 Å². The summed E-state index contributed by atoms with van der Waals surface area (Å²) in [5.41, 5.74) is 0.429. The van der Waals surface area contributed by atoms with Crippen LogP contribution < -0.4 is 5.32 Å². The van der Waals surface area contributed by atoms with Gasteiger partial charge in [0, 0.05) is 17.1 Å². The van der Waals surface area contributed by atoms with E-state index in [2.05, 4.69) is 38.0 Å². The van der Waals surface area contributed by atoms with E-state index in [4.69, 9.17) is 0 Å². The van der Waals surface area contributed by atoms with Gasteiger partial charge in [0.2, 0.25) is 0 Å². The molecule has 0 bridgehead atoms. The maximum atomic E-state index is 4.48. The molecule has 0 saturated heterocycles. The van der Waals surface area contributed by atoms with Gasteiger partial charge in [0.05, 0.1) is 6.04 Å². The lowest BCUT2D eigenvalue weighted by Crippen LogP contribution is -2.45. The van der Waals surface area contributed by atoms with Crippen molar-refractivity contribution in [3.05, 3.63) is 16.1 Å². The van der Waals surface area contributed by atoms with Crippen LogP contribution in [-0.4, -0.2) is 11.0 Å². The summed E-state index contributed by atoms with van der Waals surface area (Å²) in [6.07, 6.45) is 7.38. The Morgan fingerprint density at radius 2 is 2.24 bits per heavy atom. The summed E-state index contributed by atoms with van der Waals surface area (Å²) in [6, 6.07) is 1.02. The summed E-state index contributed by atoms with van der Waals surface area (Å²) in [6.45, 7) is 9.15. The molecule has 0 spiro atoms. The second-order valence-corrected chi connectivity index (χ2v) is 7.25. The van der Waals surface area contributed by atoms with E-state index in [1.807, 2.05) is 17.5 Å². The molecule has 96 valence electrons. The molecule has 1 aliphatic rings. The number of hydrogen-bond donors (Lipinski definition) is 1. The van der Waals surface area contributed by atoms with Gasteiger partial charge in [-0.15, -0.1) is 11.3 Å². The average Bonchev–Trinajstić information content (AvgIpc) is 2.68. The summed E-state index contributed by atoms with van der Waals surface area (Å²) in [7, 11) is 0. The standard InChI is InChI=1S/C14H24N2S/c1-10-9-15-13(17-10)11(2)16-12-7-5-6-8-14(12,3)4/h9,11-12,16H,5-8H2,1-4H3. The Labute approximate surface area is 109 Å². The first-order chi connectivity index (χ1) is 7.99. The first-order valence-electron chi connectivity index (χ1n) is 6.67. The summed E-state index contributed by atoms with van der Waals surface area (Å²) in [5.74, 6) is 0. The molecule has 1 aromatic rings. The van der Waals surface area contributed by atoms with Gasteiger partial charge in [0.25, 0.3) is 0 Å². The van der Waals surface area contributed by atoms with Gasteiger partial charge in [0.15, 0.2) is 0 Å². The van der Waals surface area contributed by atoms with Crippen molar-refractivity contribution in [3.8, 4) is 0 Å². The van der Waals surface area contributed by atoms with Gasteiger partial charge in [-0.3, -0.25) is 0 Å². The summed E-state index contributed by atoms with van der Waals surface area (Å²) >= 11 is 1.81. The van der Waals surface area contributed by atoms with E-state index in [9.17, 15) is 0 Å². The molecule has 2 atom stereocenters. The second kappa shape index (κ2) is 5.07. The number of hydrogen-bond acceptors (Lipinski definition) is 3. The van der Waals surface area contributed by atoms with E-state index in [0.29, 0.717) is 17.5 Å². The van der Waals surface area contributed by atoms with Gasteiger partial charge >= 0.3 is 0 Å². The molecule has 1 aliphatic carbocycles. The van der Waals surface area contributed by atoms with E-state index in [-0.39, 0.29) is 0 Å². The number of aromatic nitrogens is 1. The van der Waals surface area contributed by atoms with Crippen LogP contribution in [-0.2, 0) is 0 Å². The molecule has 0 amide bonds. The van der Waals surface area contributed by atoms with Gasteiger partial charge in [-0.1, -0.05) is 26.7 Å². The van der Waals surface area contributed by atoms with Crippen LogP contribution in [0.3, 0.4) is 0 Å². The highest BCUT2D eigenvalue weighted by molar-refractivity contribution is 7.11. The van der Waals surface area contributed by atoms with Crippen LogP contribution in [0.25, 0.3) is 0 Å². The molecule has 1 aromatic heterocycles. The van der Waals surface area contributed by atoms with E-state index >= 15 is 0 Å². The lowest BCUT2D eigenvalue weighted by atomic mass is 9.73. The average molecular weight is 252 g/mol. The summed E-state index contributed by atoms with van der Waals surface area (Å²) in [5, 5.41) is 5.01. The Balaban J connectivity index is 2.00. The minimum absolute atomic E-state index is 0.385. The van der Waals surface area contributed by atoms with E-state index in [1.165, 1.54) is 35.6 Å². The smallest absolute Gasteiger partial charge is 0.109 e. The summed E-state index contributed by atoms with van der Waals surface area (Å²) in [4.78, 5) is 5.79. The Hall–Kier alpha value is -0.410. The number of thiazole rings is 1. The predicted octanol–water partition coefficient (Wildman–Crippen LogP) is 4.07. The van der Waals surface area contributed by atoms with E-state index in [0.717, 1.165) is 0 Å². The minimum Gasteiger partial charge on any atom is -0.305 e. The van der Waals surface area contributed by atoms with Gasteiger partial charge in [-0.05, 0) is 32.1 Å². The highest BCUT2D eigenvalue weighted by atomic mass is 32.1. The van der Waals surface area contributed by atoms with Crippen LogP contribution >= 0.6 is 11.3 Å². The molecule has 2 rings (SSSR count). The van der Waals surface area contributed by atoms with Crippen LogP contribution in [0.15, 0.2) is 6.20 Å². The number of rotatable bonds is 3. The first kappa shape index (κ1) is 13.0. The molecule has 0 aromatic carbocycles. The third kappa shape index (κ3) is 3.08. The number of aryl methyl sites for hydroxylation is 1. The Kier molecular flexibility index (Phi) is 3.88. The van der Waals surface area contributed by atoms with Crippen LogP contribution in [0.1, 0.15) is 62.4 Å². The van der Waals surface area contributed by atoms with Crippen molar-refractivity contribution in [3.63, 3.8) is 0 Å². The lowest BCUT2D eigenvalue weighted by Gasteiger charge is -2.40. The minimum atomic E-state index is 0.385. The van der Waals surface area contributed by atoms with Crippen molar-refractivity contribution in [2.45, 2.75) is 65.5 Å². The van der Waals surface area contributed by atoms with Crippen LogP contribution in [0.5, 0.6) is 0 Å². The topological polar surface area (TPSA) is 24.9 Å². The van der Waals surface area contributed by atoms with Gasteiger partial charge in [0.1, 0.15) is 5.01 Å². The zero-order chi connectivity index (χ0) is 12.5. The zero-order valence-corrected chi connectivity index (χ0v) is 12.2. The maximum absolute atomic E-state index is 4.48. The van der Waals surface area contributed by atoms with Crippen molar-refractivity contribution in [1.29, 1.82) is 0 Å². The molecule has 2 nitrogen and oxygen atoms in total. The fourth-order valence-electron chi connectivity index (χ4n) is 2.75. The lowest BCUT2D eigenvalue weighted by molar-refractivity contribution is 0.157. The second-order valence-electron chi connectivity index (χ2n) is 5.98. The molecule has 2 unspecified atom stereocenters. The molecule has 1 fully saturated rings. The van der Waals surface area contributed by atoms with Crippen molar-refractivity contribution in [2.24, 2.45) is 5.41 Å². The first-order valence-corrected chi connectivity index (χ1v) is 7.49. The van der Waals surface area contributed by atoms with Crippen molar-refractivity contribution >= 4 is 11.3 Å². The maximum Gasteiger partial charge on any atom is 0.109 e. The monoisotopic (exact) mass is 252 g/mol. The van der Waals surface area contributed by atoms with Crippen molar-refractivity contribution in [1.82, 2.24) is 10.3 Å². The SMILES string of the molecule is Cc1cnc(C(C)NC2CCCCC2(C)C)s1. The highest BCUT2D eigenvalue weighted by Gasteiger charge is 2.33. The van der Waals surface area contributed by atoms with Gasteiger partial charge in [-0.25, -0.2) is 4.98 Å². The Bertz CT molecular complexity index is 370. The molecule has 0 radical (unpaired) electrons. The highest BCUT2D eigenvalue weighted by Crippen LogP contribution is 2.36. The fraction of sp³-hybridized carbons (Fsp3) is 0.786. The Morgan fingerprint density at radius 1 is 1.47 bits per heavy atom. The largest absolute Gasteiger partial charge is 0.305 e. The molecule has 1 saturated carbocycles. The molecule has 17 heavy (non-hydrogen) atoms. The van der Waals surface area contributed by atoms with Crippen LogP contribution in [0.2, 0.25) is 0 Å². The van der Waals surface area contributed by atoms with Gasteiger partial charge in [-0.2, -0.15) is 0 Å². The molecular formula is C14H24N2S. The number of nitrogens with zero attached hydrogens (tertiary/aromatic N) is 1. The van der Waals surface area contributed by atoms with Crippen LogP contribution in [0.4, 0.5) is 0 Å². The molecule has 1 heterocycles. The van der Waals surface area contributed by atoms with E-state index in [1.54, 1.807) is 0 Å². The van der Waals surface area contributed by atoms with Gasteiger partial charge < -0.3 is 5.32 Å². The quantitative estimate of drug-likeness (QED) is 0.877. The predicted molar refractivity (Wildman–Crippen MR) is 74.4 cm³/mol. The van der Waals surface area contributed by atoms with Crippen LogP contribution in [0, 0.1) is 12.3 Å². The third-order valence-electron chi connectivity index (χ3n) is 3.97. The normalized spacial score (nSPS) is 25.8. The fourth-order valence-corrected chi connectivity index (χ4v) is 3.53.